The summed E-state index contributed by atoms with van der Waals surface area (Å²) in [6, 6.07) is 3.59. The molecule has 2 rings (SSSR count). The zero-order valence-electron chi connectivity index (χ0n) is 10.7. The number of nitrogens with zero attached hydrogens (tertiary/aromatic N) is 1. The van der Waals surface area contributed by atoms with Gasteiger partial charge in [-0.3, -0.25) is 9.59 Å². The Kier molecular flexibility index (Phi) is 3.71. The molecule has 20 heavy (non-hydrogen) atoms. The molecule has 1 aliphatic rings. The van der Waals surface area contributed by atoms with Gasteiger partial charge in [0.15, 0.2) is 0 Å². The first-order valence-corrected chi connectivity index (χ1v) is 6.11. The van der Waals surface area contributed by atoms with Gasteiger partial charge in [0.2, 0.25) is 11.8 Å². The summed E-state index contributed by atoms with van der Waals surface area (Å²) in [4.78, 5) is 35.3. The molecule has 0 spiro atoms. The summed E-state index contributed by atoms with van der Waals surface area (Å²) in [5.41, 5.74) is 12.3. The molecule has 5 N–H and O–H groups in total. The highest BCUT2D eigenvalue weighted by atomic mass is 16.4. The molecular weight excluding hydrogens is 262 g/mol. The van der Waals surface area contributed by atoms with Gasteiger partial charge in [-0.1, -0.05) is 0 Å². The molecule has 7 nitrogen and oxygen atoms in total. The summed E-state index contributed by atoms with van der Waals surface area (Å²) in [6.07, 6.45) is 0.351. The highest BCUT2D eigenvalue weighted by Gasteiger charge is 2.29. The van der Waals surface area contributed by atoms with E-state index in [1.807, 2.05) is 0 Å². The third kappa shape index (κ3) is 2.62. The number of carbonyl (C=O) groups excluding carboxylic acids is 2. The van der Waals surface area contributed by atoms with Crippen LogP contribution in [0.1, 0.15) is 22.3 Å². The zero-order chi connectivity index (χ0) is 14.9. The van der Waals surface area contributed by atoms with Gasteiger partial charge in [-0.25, -0.2) is 4.79 Å². The Morgan fingerprint density at radius 3 is 2.65 bits per heavy atom. The lowest BCUT2D eigenvalue weighted by Gasteiger charge is -2.21. The fraction of sp³-hybridized carbons (Fsp3) is 0.308. The molecule has 0 bridgehead atoms. The number of carbonyl (C=O) groups is 3. The summed E-state index contributed by atoms with van der Waals surface area (Å²) in [7, 11) is 0. The van der Waals surface area contributed by atoms with Crippen molar-refractivity contribution in [2.75, 3.05) is 11.4 Å². The first kappa shape index (κ1) is 14.0. The van der Waals surface area contributed by atoms with Gasteiger partial charge in [-0.05, 0) is 30.2 Å². The van der Waals surface area contributed by atoms with E-state index >= 15 is 0 Å². The maximum Gasteiger partial charge on any atom is 0.335 e. The number of fused-ring (bicyclic) bond motifs is 1. The summed E-state index contributed by atoms with van der Waals surface area (Å²) >= 11 is 0. The van der Waals surface area contributed by atoms with Crippen molar-refractivity contribution in [1.29, 1.82) is 0 Å². The molecule has 0 saturated carbocycles. The molecule has 7 heteroatoms. The Balaban J connectivity index is 2.21. The normalized spacial score (nSPS) is 14.8. The molecular formula is C13H15N3O4. The van der Waals surface area contributed by atoms with Crippen LogP contribution in [0, 0.1) is 0 Å². The van der Waals surface area contributed by atoms with Gasteiger partial charge in [-0.15, -0.1) is 0 Å². The van der Waals surface area contributed by atoms with E-state index in [-0.39, 0.29) is 17.9 Å². The monoisotopic (exact) mass is 277 g/mol. The highest BCUT2D eigenvalue weighted by molar-refractivity contribution is 6.01. The number of carboxylic acid groups (broad SMARTS) is 1. The van der Waals surface area contributed by atoms with Gasteiger partial charge in [0.1, 0.15) is 0 Å². The molecule has 1 heterocycles. The number of hydrogen-bond acceptors (Lipinski definition) is 4. The van der Waals surface area contributed by atoms with Crippen LogP contribution >= 0.6 is 0 Å². The van der Waals surface area contributed by atoms with Crippen LogP contribution in [-0.2, 0) is 16.0 Å². The lowest BCUT2D eigenvalue weighted by atomic mass is 10.1. The predicted molar refractivity (Wildman–Crippen MR) is 71.2 cm³/mol. The van der Waals surface area contributed by atoms with E-state index in [4.69, 9.17) is 16.6 Å². The van der Waals surface area contributed by atoms with Gasteiger partial charge in [-0.2, -0.15) is 0 Å². The van der Waals surface area contributed by atoms with Gasteiger partial charge in [0.25, 0.3) is 0 Å². The Bertz CT molecular complexity index is 585. The van der Waals surface area contributed by atoms with E-state index in [9.17, 15) is 14.4 Å². The number of benzene rings is 1. The first-order chi connectivity index (χ1) is 9.40. The smallest absolute Gasteiger partial charge is 0.335 e. The molecule has 1 aromatic rings. The van der Waals surface area contributed by atoms with Gasteiger partial charge < -0.3 is 21.5 Å². The minimum Gasteiger partial charge on any atom is -0.478 e. The molecule has 0 aromatic heterocycles. The second-order valence-corrected chi connectivity index (χ2v) is 4.67. The quantitative estimate of drug-likeness (QED) is 0.682. The number of amides is 2. The van der Waals surface area contributed by atoms with Crippen LogP contribution in [0.5, 0.6) is 0 Å². The SMILES string of the molecule is NC(=O)CC(N)C(=O)N1CCc2cc(C(=O)O)ccc21. The number of primary amides is 1. The third-order valence-corrected chi connectivity index (χ3v) is 3.23. The number of nitrogens with two attached hydrogens (primary N) is 2. The van der Waals surface area contributed by atoms with Gasteiger partial charge in [0.05, 0.1) is 18.0 Å². The molecule has 1 atom stereocenters. The van der Waals surface area contributed by atoms with Crippen molar-refractivity contribution in [2.24, 2.45) is 11.5 Å². The van der Waals surface area contributed by atoms with E-state index in [1.54, 1.807) is 12.1 Å². The van der Waals surface area contributed by atoms with Crippen molar-refractivity contribution >= 4 is 23.5 Å². The molecule has 0 fully saturated rings. The molecule has 0 saturated heterocycles. The summed E-state index contributed by atoms with van der Waals surface area (Å²) in [5.74, 6) is -2.03. The van der Waals surface area contributed by atoms with Crippen molar-refractivity contribution in [1.82, 2.24) is 0 Å². The van der Waals surface area contributed by atoms with Crippen LogP contribution in [-0.4, -0.2) is 35.5 Å². The van der Waals surface area contributed by atoms with Gasteiger partial charge in [0, 0.05) is 12.2 Å². The van der Waals surface area contributed by atoms with E-state index < -0.39 is 17.9 Å². The third-order valence-electron chi connectivity index (χ3n) is 3.23. The fourth-order valence-corrected chi connectivity index (χ4v) is 2.27. The second-order valence-electron chi connectivity index (χ2n) is 4.67. The highest BCUT2D eigenvalue weighted by Crippen LogP contribution is 2.29. The zero-order valence-corrected chi connectivity index (χ0v) is 10.7. The van der Waals surface area contributed by atoms with Crippen LogP contribution in [0.4, 0.5) is 5.69 Å². The number of anilines is 1. The van der Waals surface area contributed by atoms with Crippen LogP contribution in [0.25, 0.3) is 0 Å². The van der Waals surface area contributed by atoms with Crippen LogP contribution in [0.3, 0.4) is 0 Å². The first-order valence-electron chi connectivity index (χ1n) is 6.11. The van der Waals surface area contributed by atoms with Crippen molar-refractivity contribution in [2.45, 2.75) is 18.9 Å². The number of rotatable bonds is 4. The van der Waals surface area contributed by atoms with E-state index in [1.165, 1.54) is 11.0 Å². The minimum absolute atomic E-state index is 0.180. The lowest BCUT2D eigenvalue weighted by Crippen LogP contribution is -2.45. The molecule has 1 aromatic carbocycles. The van der Waals surface area contributed by atoms with Gasteiger partial charge >= 0.3 is 5.97 Å². The number of aromatic carboxylic acids is 1. The Hall–Kier alpha value is -2.41. The average Bonchev–Trinajstić information content (AvgIpc) is 2.79. The Morgan fingerprint density at radius 1 is 1.35 bits per heavy atom. The molecule has 1 aliphatic heterocycles. The summed E-state index contributed by atoms with van der Waals surface area (Å²) in [5, 5.41) is 8.93. The summed E-state index contributed by atoms with van der Waals surface area (Å²) < 4.78 is 0. The predicted octanol–water partition coefficient (Wildman–Crippen LogP) is -0.523. The molecule has 106 valence electrons. The van der Waals surface area contributed by atoms with Crippen LogP contribution in [0.2, 0.25) is 0 Å². The Labute approximate surface area is 115 Å². The largest absolute Gasteiger partial charge is 0.478 e. The van der Waals surface area contributed by atoms with E-state index in [0.717, 1.165) is 5.56 Å². The molecule has 1 unspecified atom stereocenters. The topological polar surface area (TPSA) is 127 Å². The second kappa shape index (κ2) is 5.30. The van der Waals surface area contributed by atoms with Crippen molar-refractivity contribution < 1.29 is 19.5 Å². The molecule has 0 aliphatic carbocycles. The van der Waals surface area contributed by atoms with Crippen molar-refractivity contribution in [3.8, 4) is 0 Å². The Morgan fingerprint density at radius 2 is 2.05 bits per heavy atom. The maximum absolute atomic E-state index is 12.1. The lowest BCUT2D eigenvalue weighted by molar-refractivity contribution is -0.124. The standard InChI is InChI=1S/C13H15N3O4/c14-9(6-11(15)17)12(18)16-4-3-7-5-8(13(19)20)1-2-10(7)16/h1-2,5,9H,3-4,6,14H2,(H2,15,17)(H,19,20). The molecule has 0 radical (unpaired) electrons. The minimum atomic E-state index is -1.01. The van der Waals surface area contributed by atoms with Crippen LogP contribution < -0.4 is 16.4 Å². The fourth-order valence-electron chi connectivity index (χ4n) is 2.27. The maximum atomic E-state index is 12.1. The number of carboxylic acids is 1. The average molecular weight is 277 g/mol. The van der Waals surface area contributed by atoms with E-state index in [2.05, 4.69) is 0 Å². The summed E-state index contributed by atoms with van der Waals surface area (Å²) in [6.45, 7) is 0.420. The van der Waals surface area contributed by atoms with Crippen LogP contribution in [0.15, 0.2) is 18.2 Å². The van der Waals surface area contributed by atoms with Crippen molar-refractivity contribution in [3.63, 3.8) is 0 Å². The van der Waals surface area contributed by atoms with Crippen molar-refractivity contribution in [3.05, 3.63) is 29.3 Å². The van der Waals surface area contributed by atoms with E-state index in [0.29, 0.717) is 18.7 Å². The molecule has 2 amide bonds. The number of hydrogen-bond donors (Lipinski definition) is 3.